The number of thiazole rings is 1. The van der Waals surface area contributed by atoms with Crippen molar-refractivity contribution in [2.45, 2.75) is 26.7 Å². The molecule has 0 unspecified atom stereocenters. The summed E-state index contributed by atoms with van der Waals surface area (Å²) in [6.07, 6.45) is 0. The maximum absolute atomic E-state index is 6.42. The molecule has 0 aliphatic heterocycles. The van der Waals surface area contributed by atoms with E-state index in [0.717, 1.165) is 32.9 Å². The molecule has 3 aromatic rings. The van der Waals surface area contributed by atoms with Gasteiger partial charge >= 0.3 is 0 Å². The van der Waals surface area contributed by atoms with E-state index in [4.69, 9.17) is 21.3 Å². The average Bonchev–Trinajstić information content (AvgIpc) is 2.98. The molecule has 0 spiro atoms. The highest BCUT2D eigenvalue weighted by Crippen LogP contribution is 2.35. The monoisotopic (exact) mass is 332 g/mol. The number of aromatic nitrogens is 2. The number of aryl methyl sites for hydroxylation is 1. The first-order valence-electron chi connectivity index (χ1n) is 7.11. The van der Waals surface area contributed by atoms with E-state index in [0.29, 0.717) is 16.7 Å². The molecule has 0 saturated carbocycles. The molecular weight excluding hydrogens is 316 g/mol. The minimum Gasteiger partial charge on any atom is -0.495 e. The van der Waals surface area contributed by atoms with Crippen molar-refractivity contribution >= 4 is 33.8 Å². The summed E-state index contributed by atoms with van der Waals surface area (Å²) in [7, 11) is 1.61. The van der Waals surface area contributed by atoms with E-state index in [-0.39, 0.29) is 0 Å². The summed E-state index contributed by atoms with van der Waals surface area (Å²) in [6, 6.07) is 5.93. The summed E-state index contributed by atoms with van der Waals surface area (Å²) in [5.74, 6) is 1.05. The molecule has 0 aliphatic rings. The number of methoxy groups -OCH3 is 1. The number of pyridine rings is 1. The lowest BCUT2D eigenvalue weighted by atomic mass is 10.1. The normalized spacial score (nSPS) is 11.4. The molecule has 0 amide bonds. The van der Waals surface area contributed by atoms with Gasteiger partial charge in [-0.25, -0.2) is 9.97 Å². The molecule has 0 saturated heterocycles. The van der Waals surface area contributed by atoms with E-state index >= 15 is 0 Å². The van der Waals surface area contributed by atoms with Gasteiger partial charge in [0, 0.05) is 10.8 Å². The highest BCUT2D eigenvalue weighted by Gasteiger charge is 2.14. The first kappa shape index (κ1) is 15.3. The zero-order chi connectivity index (χ0) is 15.9. The molecule has 2 aromatic heterocycles. The molecule has 22 heavy (non-hydrogen) atoms. The standard InChI is InChI=1S/C17H17ClN2OS/c1-9(2)13-8-22-17(20-13)12-7-10(3)11-5-6-14(21-4)15(18)16(11)19-12/h5-9H,1-4H3. The van der Waals surface area contributed by atoms with Crippen LogP contribution in [-0.2, 0) is 0 Å². The van der Waals surface area contributed by atoms with Gasteiger partial charge in [-0.3, -0.25) is 0 Å². The van der Waals surface area contributed by atoms with Crippen molar-refractivity contribution in [2.24, 2.45) is 0 Å². The third-order valence-electron chi connectivity index (χ3n) is 3.64. The maximum atomic E-state index is 6.42. The second-order valence-corrected chi connectivity index (χ2v) is 6.77. The van der Waals surface area contributed by atoms with Crippen molar-refractivity contribution in [2.75, 3.05) is 7.11 Å². The van der Waals surface area contributed by atoms with Crippen molar-refractivity contribution in [3.05, 3.63) is 39.9 Å². The minimum atomic E-state index is 0.412. The number of benzene rings is 1. The summed E-state index contributed by atoms with van der Waals surface area (Å²) < 4.78 is 5.29. The second-order valence-electron chi connectivity index (χ2n) is 5.53. The third-order valence-corrected chi connectivity index (χ3v) is 4.89. The Morgan fingerprint density at radius 3 is 2.64 bits per heavy atom. The number of hydrogen-bond donors (Lipinski definition) is 0. The predicted octanol–water partition coefficient (Wildman–Crippen LogP) is 5.45. The maximum Gasteiger partial charge on any atom is 0.142 e. The van der Waals surface area contributed by atoms with E-state index in [1.54, 1.807) is 18.4 Å². The van der Waals surface area contributed by atoms with Crippen molar-refractivity contribution in [1.29, 1.82) is 0 Å². The molecule has 0 fully saturated rings. The van der Waals surface area contributed by atoms with E-state index in [2.05, 4.69) is 37.2 Å². The van der Waals surface area contributed by atoms with Crippen LogP contribution in [-0.4, -0.2) is 17.1 Å². The second kappa shape index (κ2) is 5.86. The van der Waals surface area contributed by atoms with E-state index in [9.17, 15) is 0 Å². The highest BCUT2D eigenvalue weighted by atomic mass is 35.5. The smallest absolute Gasteiger partial charge is 0.142 e. The van der Waals surface area contributed by atoms with Gasteiger partial charge in [0.1, 0.15) is 15.8 Å². The number of hydrogen-bond acceptors (Lipinski definition) is 4. The molecular formula is C17H17ClN2OS. The molecule has 0 atom stereocenters. The Morgan fingerprint density at radius 1 is 1.23 bits per heavy atom. The number of nitrogens with zero attached hydrogens (tertiary/aromatic N) is 2. The van der Waals surface area contributed by atoms with Gasteiger partial charge in [0.05, 0.1) is 24.0 Å². The van der Waals surface area contributed by atoms with Crippen LogP contribution in [0.25, 0.3) is 21.6 Å². The molecule has 3 nitrogen and oxygen atoms in total. The molecule has 3 rings (SSSR count). The van der Waals surface area contributed by atoms with Crippen LogP contribution in [0.15, 0.2) is 23.6 Å². The summed E-state index contributed by atoms with van der Waals surface area (Å²) in [5.41, 5.74) is 3.84. The molecule has 0 radical (unpaired) electrons. The van der Waals surface area contributed by atoms with Crippen molar-refractivity contribution in [3.63, 3.8) is 0 Å². The molecule has 114 valence electrons. The fraction of sp³-hybridized carbons (Fsp3) is 0.294. The van der Waals surface area contributed by atoms with Crippen LogP contribution in [0.4, 0.5) is 0 Å². The van der Waals surface area contributed by atoms with Gasteiger partial charge in [0.25, 0.3) is 0 Å². The van der Waals surface area contributed by atoms with Gasteiger partial charge in [0.15, 0.2) is 0 Å². The highest BCUT2D eigenvalue weighted by molar-refractivity contribution is 7.13. The largest absolute Gasteiger partial charge is 0.495 e. The van der Waals surface area contributed by atoms with Gasteiger partial charge in [-0.1, -0.05) is 25.4 Å². The van der Waals surface area contributed by atoms with Crippen LogP contribution >= 0.6 is 22.9 Å². The van der Waals surface area contributed by atoms with Crippen LogP contribution in [0.5, 0.6) is 5.75 Å². The predicted molar refractivity (Wildman–Crippen MR) is 93.2 cm³/mol. The summed E-state index contributed by atoms with van der Waals surface area (Å²) >= 11 is 8.04. The fourth-order valence-corrected chi connectivity index (χ4v) is 3.57. The Labute approximate surface area is 138 Å². The zero-order valence-electron chi connectivity index (χ0n) is 13.0. The third kappa shape index (κ3) is 2.57. The molecule has 1 aromatic carbocycles. The van der Waals surface area contributed by atoms with Crippen LogP contribution < -0.4 is 4.74 Å². The number of rotatable bonds is 3. The quantitative estimate of drug-likeness (QED) is 0.639. The topological polar surface area (TPSA) is 35.0 Å². The van der Waals surface area contributed by atoms with Gasteiger partial charge in [0.2, 0.25) is 0 Å². The van der Waals surface area contributed by atoms with E-state index < -0.39 is 0 Å². The number of ether oxygens (including phenoxy) is 1. The minimum absolute atomic E-state index is 0.412. The van der Waals surface area contributed by atoms with Crippen LogP contribution in [0.1, 0.15) is 31.0 Å². The van der Waals surface area contributed by atoms with Gasteiger partial charge in [-0.15, -0.1) is 11.3 Å². The molecule has 5 heteroatoms. The average molecular weight is 333 g/mol. The Balaban J connectivity index is 2.20. The lowest BCUT2D eigenvalue weighted by Crippen LogP contribution is -1.93. The Hall–Kier alpha value is -1.65. The van der Waals surface area contributed by atoms with E-state index in [1.807, 2.05) is 12.1 Å². The van der Waals surface area contributed by atoms with Gasteiger partial charge in [-0.2, -0.15) is 0 Å². The molecule has 0 N–H and O–H groups in total. The fourth-order valence-electron chi connectivity index (χ4n) is 2.35. The summed E-state index contributed by atoms with van der Waals surface area (Å²) in [6.45, 7) is 6.34. The van der Waals surface area contributed by atoms with Crippen molar-refractivity contribution < 1.29 is 4.74 Å². The lowest BCUT2D eigenvalue weighted by Gasteiger charge is -2.09. The Morgan fingerprint density at radius 2 is 2.00 bits per heavy atom. The van der Waals surface area contributed by atoms with Gasteiger partial charge < -0.3 is 4.74 Å². The van der Waals surface area contributed by atoms with E-state index in [1.165, 1.54) is 0 Å². The van der Waals surface area contributed by atoms with Crippen molar-refractivity contribution in [3.8, 4) is 16.5 Å². The summed E-state index contributed by atoms with van der Waals surface area (Å²) in [4.78, 5) is 9.40. The summed E-state index contributed by atoms with van der Waals surface area (Å²) in [5, 5.41) is 4.60. The Kier molecular flexibility index (Phi) is 4.06. The van der Waals surface area contributed by atoms with Crippen LogP contribution in [0.3, 0.4) is 0 Å². The first-order chi connectivity index (χ1) is 10.5. The SMILES string of the molecule is COc1ccc2c(C)cc(-c3nc(C(C)C)cs3)nc2c1Cl. The zero-order valence-corrected chi connectivity index (χ0v) is 14.5. The first-order valence-corrected chi connectivity index (χ1v) is 8.36. The van der Waals surface area contributed by atoms with Crippen LogP contribution in [0, 0.1) is 6.92 Å². The Bertz CT molecular complexity index is 842. The lowest BCUT2D eigenvalue weighted by molar-refractivity contribution is 0.415. The molecule has 0 bridgehead atoms. The molecule has 0 aliphatic carbocycles. The number of halogens is 1. The molecule has 2 heterocycles. The van der Waals surface area contributed by atoms with Crippen LogP contribution in [0.2, 0.25) is 5.02 Å². The van der Waals surface area contributed by atoms with Crippen molar-refractivity contribution in [1.82, 2.24) is 9.97 Å². The van der Waals surface area contributed by atoms with Gasteiger partial charge in [-0.05, 0) is 36.6 Å². The number of fused-ring (bicyclic) bond motifs is 1.